The Labute approximate surface area is 175 Å². The molecular weight excluding hydrogens is 423 g/mol. The first-order chi connectivity index (χ1) is 13.4. The van der Waals surface area contributed by atoms with Crippen LogP contribution in [0.15, 0.2) is 54.9 Å². The summed E-state index contributed by atoms with van der Waals surface area (Å²) in [7, 11) is 0. The van der Waals surface area contributed by atoms with Gasteiger partial charge in [-0.1, -0.05) is 40.9 Å². The minimum absolute atomic E-state index is 0.161. The number of halogens is 3. The summed E-state index contributed by atoms with van der Waals surface area (Å²) in [5.41, 5.74) is 1.49. The topological polar surface area (TPSA) is 84.0 Å². The molecule has 6 nitrogen and oxygen atoms in total. The van der Waals surface area contributed by atoms with E-state index >= 15 is 0 Å². The van der Waals surface area contributed by atoms with E-state index in [1.165, 1.54) is 24.5 Å². The quantitative estimate of drug-likeness (QED) is 0.612. The summed E-state index contributed by atoms with van der Waals surface area (Å²) in [6.07, 6.45) is 2.89. The molecule has 0 aliphatic heterocycles. The lowest BCUT2D eigenvalue weighted by molar-refractivity contribution is 0.0945. The number of nitrogens with one attached hydrogen (secondary N) is 2. The highest BCUT2D eigenvalue weighted by atomic mass is 35.5. The van der Waals surface area contributed by atoms with Crippen molar-refractivity contribution in [3.05, 3.63) is 86.9 Å². The van der Waals surface area contributed by atoms with E-state index < -0.39 is 5.91 Å². The van der Waals surface area contributed by atoms with Crippen molar-refractivity contribution >= 4 is 52.3 Å². The Morgan fingerprint density at radius 2 is 1.43 bits per heavy atom. The number of pyridine rings is 2. The normalized spacial score (nSPS) is 10.4. The zero-order valence-electron chi connectivity index (χ0n) is 14.2. The van der Waals surface area contributed by atoms with Crippen LogP contribution in [0.1, 0.15) is 26.5 Å². The van der Waals surface area contributed by atoms with Gasteiger partial charge >= 0.3 is 0 Å². The Kier molecular flexibility index (Phi) is 6.46. The fraction of sp³-hybridized carbons (Fsp3) is 0.0526. The number of amides is 2. The number of hydrogen-bond acceptors (Lipinski definition) is 4. The monoisotopic (exact) mass is 434 g/mol. The number of anilines is 1. The van der Waals surface area contributed by atoms with Crippen molar-refractivity contribution in [1.82, 2.24) is 15.3 Å². The van der Waals surface area contributed by atoms with Crippen molar-refractivity contribution in [3.8, 4) is 0 Å². The average molecular weight is 436 g/mol. The molecule has 0 bridgehead atoms. The first-order valence-electron chi connectivity index (χ1n) is 8.03. The van der Waals surface area contributed by atoms with Crippen LogP contribution in [-0.2, 0) is 6.54 Å². The Morgan fingerprint density at radius 1 is 0.821 bits per heavy atom. The van der Waals surface area contributed by atoms with Gasteiger partial charge in [-0.3, -0.25) is 19.6 Å². The molecule has 0 saturated carbocycles. The molecule has 0 radical (unpaired) electrons. The second-order valence-corrected chi connectivity index (χ2v) is 6.95. The summed E-state index contributed by atoms with van der Waals surface area (Å²) in [5, 5.41) is 6.59. The average Bonchev–Trinajstić information content (AvgIpc) is 2.68. The maximum atomic E-state index is 12.3. The van der Waals surface area contributed by atoms with Gasteiger partial charge in [0.05, 0.1) is 10.7 Å². The standard InChI is InChI=1S/C19H13Cl3N4O2/c20-12-3-5-23-16(8-12)18(27)25-10-11-1-2-14(22)15(7-11)26-19(28)17-9-13(21)4-6-24-17/h1-9H,10H2,(H,25,27)(H,26,28). The largest absolute Gasteiger partial charge is 0.347 e. The molecule has 0 unspecified atom stereocenters. The summed E-state index contributed by atoms with van der Waals surface area (Å²) in [6.45, 7) is 0.211. The van der Waals surface area contributed by atoms with Gasteiger partial charge < -0.3 is 10.6 Å². The van der Waals surface area contributed by atoms with Gasteiger partial charge in [0.25, 0.3) is 11.8 Å². The highest BCUT2D eigenvalue weighted by Gasteiger charge is 2.12. The van der Waals surface area contributed by atoms with Gasteiger partial charge in [-0.05, 0) is 42.0 Å². The molecule has 1 aromatic carbocycles. The molecule has 142 valence electrons. The van der Waals surface area contributed by atoms with Gasteiger partial charge in [0.1, 0.15) is 11.4 Å². The maximum Gasteiger partial charge on any atom is 0.274 e. The Bertz CT molecular complexity index is 1040. The number of nitrogens with zero attached hydrogens (tertiary/aromatic N) is 2. The third-order valence-electron chi connectivity index (χ3n) is 3.64. The summed E-state index contributed by atoms with van der Waals surface area (Å²) in [5.74, 6) is -0.820. The third-order valence-corrected chi connectivity index (χ3v) is 4.44. The lowest BCUT2D eigenvalue weighted by atomic mass is 10.2. The molecule has 2 N–H and O–H groups in total. The predicted octanol–water partition coefficient (Wildman–Crippen LogP) is 4.62. The van der Waals surface area contributed by atoms with Gasteiger partial charge in [-0.15, -0.1) is 0 Å². The van der Waals surface area contributed by atoms with Crippen LogP contribution in [0.5, 0.6) is 0 Å². The SMILES string of the molecule is O=C(NCc1ccc(Cl)c(NC(=O)c2cc(Cl)ccn2)c1)c1cc(Cl)ccn1. The molecule has 0 saturated heterocycles. The van der Waals surface area contributed by atoms with E-state index in [0.717, 1.165) is 5.56 Å². The van der Waals surface area contributed by atoms with Crippen molar-refractivity contribution in [1.29, 1.82) is 0 Å². The van der Waals surface area contributed by atoms with Crippen LogP contribution in [0.4, 0.5) is 5.69 Å². The zero-order chi connectivity index (χ0) is 20.1. The number of hydrogen-bond donors (Lipinski definition) is 2. The second kappa shape index (κ2) is 9.01. The van der Waals surface area contributed by atoms with Crippen molar-refractivity contribution in [2.45, 2.75) is 6.54 Å². The molecule has 2 aromatic heterocycles. The highest BCUT2D eigenvalue weighted by molar-refractivity contribution is 6.34. The first kappa shape index (κ1) is 20.1. The van der Waals surface area contributed by atoms with Crippen LogP contribution in [0.25, 0.3) is 0 Å². The fourth-order valence-corrected chi connectivity index (χ4v) is 2.78. The Morgan fingerprint density at radius 3 is 2.04 bits per heavy atom. The van der Waals surface area contributed by atoms with Crippen molar-refractivity contribution < 1.29 is 9.59 Å². The maximum absolute atomic E-state index is 12.3. The van der Waals surface area contributed by atoms with Crippen molar-refractivity contribution in [2.24, 2.45) is 0 Å². The van der Waals surface area contributed by atoms with E-state index in [0.29, 0.717) is 20.8 Å². The zero-order valence-corrected chi connectivity index (χ0v) is 16.5. The van der Waals surface area contributed by atoms with E-state index in [4.69, 9.17) is 34.8 Å². The second-order valence-electron chi connectivity index (χ2n) is 5.67. The molecule has 2 amide bonds. The van der Waals surface area contributed by atoms with Crippen LogP contribution >= 0.6 is 34.8 Å². The lowest BCUT2D eigenvalue weighted by Crippen LogP contribution is -2.23. The number of carbonyl (C=O) groups excluding carboxylic acids is 2. The van der Waals surface area contributed by atoms with Gasteiger partial charge in [-0.25, -0.2) is 0 Å². The molecule has 3 aromatic rings. The predicted molar refractivity (Wildman–Crippen MR) is 109 cm³/mol. The lowest BCUT2D eigenvalue weighted by Gasteiger charge is -2.10. The fourth-order valence-electron chi connectivity index (χ4n) is 2.30. The molecule has 0 aliphatic rings. The van der Waals surface area contributed by atoms with Gasteiger partial charge in [0.15, 0.2) is 0 Å². The van der Waals surface area contributed by atoms with E-state index in [2.05, 4.69) is 20.6 Å². The molecule has 0 aliphatic carbocycles. The highest BCUT2D eigenvalue weighted by Crippen LogP contribution is 2.24. The molecule has 0 fully saturated rings. The summed E-state index contributed by atoms with van der Waals surface area (Å²) in [4.78, 5) is 32.4. The smallest absolute Gasteiger partial charge is 0.274 e. The van der Waals surface area contributed by atoms with Crippen molar-refractivity contribution in [2.75, 3.05) is 5.32 Å². The Hall–Kier alpha value is -2.67. The van der Waals surface area contributed by atoms with Crippen LogP contribution in [0.3, 0.4) is 0 Å². The Balaban J connectivity index is 1.69. The summed E-state index contributed by atoms with van der Waals surface area (Å²) >= 11 is 17.9. The minimum Gasteiger partial charge on any atom is -0.347 e. The van der Waals surface area contributed by atoms with Crippen LogP contribution in [0, 0.1) is 0 Å². The molecule has 3 rings (SSSR count). The van der Waals surface area contributed by atoms with Gasteiger partial charge in [0.2, 0.25) is 0 Å². The first-order valence-corrected chi connectivity index (χ1v) is 9.17. The number of carbonyl (C=O) groups is 2. The number of aromatic nitrogens is 2. The summed E-state index contributed by atoms with van der Waals surface area (Å²) in [6, 6.07) is 11.1. The van der Waals surface area contributed by atoms with Crippen LogP contribution < -0.4 is 10.6 Å². The van der Waals surface area contributed by atoms with Gasteiger partial charge in [-0.2, -0.15) is 0 Å². The van der Waals surface area contributed by atoms with E-state index in [1.807, 2.05) is 0 Å². The van der Waals surface area contributed by atoms with Crippen molar-refractivity contribution in [3.63, 3.8) is 0 Å². The number of rotatable bonds is 5. The van der Waals surface area contributed by atoms with Crippen LogP contribution in [0.2, 0.25) is 15.1 Å². The molecule has 0 atom stereocenters. The number of benzene rings is 1. The third kappa shape index (κ3) is 5.19. The van der Waals surface area contributed by atoms with Crippen LogP contribution in [-0.4, -0.2) is 21.8 Å². The molecule has 9 heteroatoms. The molecule has 28 heavy (non-hydrogen) atoms. The van der Waals surface area contributed by atoms with Gasteiger partial charge in [0, 0.05) is 29.0 Å². The van der Waals surface area contributed by atoms with E-state index in [1.54, 1.807) is 30.3 Å². The summed E-state index contributed by atoms with van der Waals surface area (Å²) < 4.78 is 0. The van der Waals surface area contributed by atoms with E-state index in [-0.39, 0.29) is 23.8 Å². The molecule has 2 heterocycles. The molecular formula is C19H13Cl3N4O2. The van der Waals surface area contributed by atoms with E-state index in [9.17, 15) is 9.59 Å². The molecule has 0 spiro atoms. The minimum atomic E-state index is -0.450.